The first-order chi connectivity index (χ1) is 8.29. The third-order valence-corrected chi connectivity index (χ3v) is 2.99. The van der Waals surface area contributed by atoms with Gasteiger partial charge in [0.1, 0.15) is 0 Å². The molecule has 17 heavy (non-hydrogen) atoms. The molecule has 0 amide bonds. The van der Waals surface area contributed by atoms with E-state index in [9.17, 15) is 0 Å². The van der Waals surface area contributed by atoms with Crippen LogP contribution in [0.1, 0.15) is 26.0 Å². The molecule has 1 aromatic carbocycles. The SMILES string of the molecule is CCC(C)CNCc1cnc2ccccc2n1. The van der Waals surface area contributed by atoms with Gasteiger partial charge in [0.25, 0.3) is 0 Å². The Bertz CT molecular complexity index is 482. The maximum absolute atomic E-state index is 4.57. The molecule has 90 valence electrons. The Morgan fingerprint density at radius 2 is 2.00 bits per heavy atom. The summed E-state index contributed by atoms with van der Waals surface area (Å²) in [7, 11) is 0. The second kappa shape index (κ2) is 5.73. The summed E-state index contributed by atoms with van der Waals surface area (Å²) in [6.07, 6.45) is 3.06. The van der Waals surface area contributed by atoms with Crippen molar-refractivity contribution in [3.8, 4) is 0 Å². The van der Waals surface area contributed by atoms with Crippen LogP contribution in [-0.2, 0) is 6.54 Å². The Balaban J connectivity index is 1.99. The molecular formula is C14H19N3. The van der Waals surface area contributed by atoms with Crippen molar-refractivity contribution in [1.82, 2.24) is 15.3 Å². The van der Waals surface area contributed by atoms with Gasteiger partial charge in [0.15, 0.2) is 0 Å². The van der Waals surface area contributed by atoms with E-state index < -0.39 is 0 Å². The molecule has 0 radical (unpaired) electrons. The van der Waals surface area contributed by atoms with Crippen LogP contribution in [0, 0.1) is 5.92 Å². The van der Waals surface area contributed by atoms with Crippen LogP contribution in [-0.4, -0.2) is 16.5 Å². The lowest BCUT2D eigenvalue weighted by Crippen LogP contribution is -2.20. The highest BCUT2D eigenvalue weighted by atomic mass is 14.9. The number of rotatable bonds is 5. The number of nitrogens with zero attached hydrogens (tertiary/aromatic N) is 2. The van der Waals surface area contributed by atoms with Crippen LogP contribution in [0.15, 0.2) is 30.5 Å². The molecule has 1 N–H and O–H groups in total. The topological polar surface area (TPSA) is 37.8 Å². The van der Waals surface area contributed by atoms with Crippen molar-refractivity contribution in [2.24, 2.45) is 5.92 Å². The lowest BCUT2D eigenvalue weighted by atomic mass is 10.1. The number of hydrogen-bond donors (Lipinski definition) is 1. The zero-order chi connectivity index (χ0) is 12.1. The second-order valence-corrected chi connectivity index (χ2v) is 4.49. The summed E-state index contributed by atoms with van der Waals surface area (Å²) in [6, 6.07) is 7.96. The van der Waals surface area contributed by atoms with Crippen LogP contribution < -0.4 is 5.32 Å². The molecule has 2 rings (SSSR count). The molecule has 1 atom stereocenters. The third kappa shape index (κ3) is 3.24. The van der Waals surface area contributed by atoms with Gasteiger partial charge in [-0.15, -0.1) is 0 Å². The minimum absolute atomic E-state index is 0.711. The van der Waals surface area contributed by atoms with Gasteiger partial charge in [-0.3, -0.25) is 4.98 Å². The van der Waals surface area contributed by atoms with Crippen molar-refractivity contribution in [2.45, 2.75) is 26.8 Å². The third-order valence-electron chi connectivity index (χ3n) is 2.99. The van der Waals surface area contributed by atoms with Crippen LogP contribution in [0.5, 0.6) is 0 Å². The zero-order valence-corrected chi connectivity index (χ0v) is 10.5. The summed E-state index contributed by atoms with van der Waals surface area (Å²) in [5.41, 5.74) is 2.93. The van der Waals surface area contributed by atoms with Crippen LogP contribution in [0.3, 0.4) is 0 Å². The van der Waals surface area contributed by atoms with Gasteiger partial charge >= 0.3 is 0 Å². The molecule has 0 saturated heterocycles. The molecule has 1 aromatic heterocycles. The van der Waals surface area contributed by atoms with Crippen molar-refractivity contribution in [1.29, 1.82) is 0 Å². The van der Waals surface area contributed by atoms with E-state index >= 15 is 0 Å². The summed E-state index contributed by atoms with van der Waals surface area (Å²) in [4.78, 5) is 8.97. The maximum atomic E-state index is 4.57. The smallest absolute Gasteiger partial charge is 0.0890 e. The van der Waals surface area contributed by atoms with Crippen molar-refractivity contribution < 1.29 is 0 Å². The number of hydrogen-bond acceptors (Lipinski definition) is 3. The number of nitrogens with one attached hydrogen (secondary N) is 1. The van der Waals surface area contributed by atoms with E-state index in [1.807, 2.05) is 30.5 Å². The molecule has 3 heteroatoms. The summed E-state index contributed by atoms with van der Waals surface area (Å²) in [6.45, 7) is 6.29. The molecule has 1 unspecified atom stereocenters. The zero-order valence-electron chi connectivity index (χ0n) is 10.5. The minimum atomic E-state index is 0.711. The van der Waals surface area contributed by atoms with E-state index in [1.54, 1.807) is 0 Å². The van der Waals surface area contributed by atoms with Crippen molar-refractivity contribution in [2.75, 3.05) is 6.54 Å². The van der Waals surface area contributed by atoms with E-state index in [1.165, 1.54) is 6.42 Å². The molecule has 0 aliphatic rings. The maximum Gasteiger partial charge on any atom is 0.0890 e. The Labute approximate surface area is 102 Å². The fourth-order valence-electron chi connectivity index (χ4n) is 1.67. The number of para-hydroxylation sites is 2. The predicted octanol–water partition coefficient (Wildman–Crippen LogP) is 2.77. The Kier molecular flexibility index (Phi) is 4.04. The van der Waals surface area contributed by atoms with Crippen molar-refractivity contribution >= 4 is 11.0 Å². The average Bonchev–Trinajstić information content (AvgIpc) is 2.38. The number of fused-ring (bicyclic) bond motifs is 1. The van der Waals surface area contributed by atoms with Gasteiger partial charge in [0.2, 0.25) is 0 Å². The minimum Gasteiger partial charge on any atom is -0.311 e. The lowest BCUT2D eigenvalue weighted by molar-refractivity contribution is 0.497. The Hall–Kier alpha value is -1.48. The molecule has 1 heterocycles. The number of benzene rings is 1. The van der Waals surface area contributed by atoms with E-state index in [2.05, 4.69) is 29.1 Å². The van der Waals surface area contributed by atoms with Gasteiger partial charge in [-0.05, 0) is 24.6 Å². The highest BCUT2D eigenvalue weighted by molar-refractivity contribution is 5.73. The van der Waals surface area contributed by atoms with Crippen molar-refractivity contribution in [3.05, 3.63) is 36.2 Å². The van der Waals surface area contributed by atoms with E-state index in [0.717, 1.165) is 29.8 Å². The lowest BCUT2D eigenvalue weighted by Gasteiger charge is -2.09. The molecule has 0 aliphatic heterocycles. The summed E-state index contributed by atoms with van der Waals surface area (Å²) < 4.78 is 0. The average molecular weight is 229 g/mol. The Morgan fingerprint density at radius 1 is 1.24 bits per heavy atom. The van der Waals surface area contributed by atoms with E-state index in [0.29, 0.717) is 5.92 Å². The first kappa shape index (κ1) is 12.0. The fraction of sp³-hybridized carbons (Fsp3) is 0.429. The van der Waals surface area contributed by atoms with Gasteiger partial charge in [-0.1, -0.05) is 32.4 Å². The predicted molar refractivity (Wildman–Crippen MR) is 70.7 cm³/mol. The van der Waals surface area contributed by atoms with E-state index in [-0.39, 0.29) is 0 Å². The van der Waals surface area contributed by atoms with E-state index in [4.69, 9.17) is 0 Å². The Morgan fingerprint density at radius 3 is 2.76 bits per heavy atom. The van der Waals surface area contributed by atoms with Gasteiger partial charge in [0, 0.05) is 6.54 Å². The van der Waals surface area contributed by atoms with Gasteiger partial charge in [-0.25, -0.2) is 4.98 Å². The molecule has 0 fully saturated rings. The highest BCUT2D eigenvalue weighted by Crippen LogP contribution is 2.08. The van der Waals surface area contributed by atoms with Gasteiger partial charge in [0.05, 0.1) is 22.9 Å². The van der Waals surface area contributed by atoms with Crippen LogP contribution in [0.2, 0.25) is 0 Å². The molecule has 0 saturated carbocycles. The standard InChI is InChI=1S/C14H19N3/c1-3-11(2)8-15-9-12-10-16-13-6-4-5-7-14(13)17-12/h4-7,10-11,15H,3,8-9H2,1-2H3. The number of aromatic nitrogens is 2. The normalized spacial score (nSPS) is 12.8. The van der Waals surface area contributed by atoms with Crippen LogP contribution in [0.25, 0.3) is 11.0 Å². The molecular weight excluding hydrogens is 210 g/mol. The quantitative estimate of drug-likeness (QED) is 0.856. The monoisotopic (exact) mass is 229 g/mol. The summed E-state index contributed by atoms with van der Waals surface area (Å²) in [5, 5.41) is 3.41. The van der Waals surface area contributed by atoms with Crippen LogP contribution in [0.4, 0.5) is 0 Å². The molecule has 3 nitrogen and oxygen atoms in total. The molecule has 0 bridgehead atoms. The second-order valence-electron chi connectivity index (χ2n) is 4.49. The largest absolute Gasteiger partial charge is 0.311 e. The van der Waals surface area contributed by atoms with Crippen LogP contribution >= 0.6 is 0 Å². The molecule has 0 spiro atoms. The van der Waals surface area contributed by atoms with Gasteiger partial charge in [-0.2, -0.15) is 0 Å². The summed E-state index contributed by atoms with van der Waals surface area (Å²) >= 11 is 0. The molecule has 2 aromatic rings. The summed E-state index contributed by atoms with van der Waals surface area (Å²) in [5.74, 6) is 0.711. The molecule has 0 aliphatic carbocycles. The first-order valence-corrected chi connectivity index (χ1v) is 6.21. The first-order valence-electron chi connectivity index (χ1n) is 6.21. The highest BCUT2D eigenvalue weighted by Gasteiger charge is 2.01. The fourth-order valence-corrected chi connectivity index (χ4v) is 1.67. The van der Waals surface area contributed by atoms with Crippen molar-refractivity contribution in [3.63, 3.8) is 0 Å². The van der Waals surface area contributed by atoms with Gasteiger partial charge < -0.3 is 5.32 Å².